The van der Waals surface area contributed by atoms with Gasteiger partial charge < -0.3 is 19.4 Å². The Morgan fingerprint density at radius 3 is 2.03 bits per heavy atom. The van der Waals surface area contributed by atoms with Crippen LogP contribution in [0.15, 0.2) is 29.2 Å². The van der Waals surface area contributed by atoms with Gasteiger partial charge in [-0.05, 0) is 32.2 Å². The van der Waals surface area contributed by atoms with Gasteiger partial charge in [-0.3, -0.25) is 0 Å². The number of aryl methyl sites for hydroxylation is 1. The highest BCUT2D eigenvalue weighted by atomic mass is 35.5. The molecule has 0 aliphatic carbocycles. The van der Waals surface area contributed by atoms with Gasteiger partial charge in [-0.1, -0.05) is 11.6 Å². The van der Waals surface area contributed by atoms with Gasteiger partial charge in [0, 0.05) is 63.4 Å². The number of likely N-dealkylation sites (N-methyl/N-ethyl adjacent to an activating group) is 1. The molecule has 0 radical (unpaired) electrons. The van der Waals surface area contributed by atoms with Gasteiger partial charge in [0.05, 0.1) is 7.11 Å². The fourth-order valence-electron chi connectivity index (χ4n) is 4.04. The minimum Gasteiger partial charge on any atom is -0.495 e. The van der Waals surface area contributed by atoms with E-state index >= 15 is 0 Å². The summed E-state index contributed by atoms with van der Waals surface area (Å²) < 4.78 is 33.2. The predicted octanol–water partition coefficient (Wildman–Crippen LogP) is 1.71. The lowest BCUT2D eigenvalue weighted by atomic mass is 10.3. The number of sulfonamides is 1. The molecule has 11 heteroatoms. The van der Waals surface area contributed by atoms with Crippen molar-refractivity contribution in [3.63, 3.8) is 0 Å². The first kappa shape index (κ1) is 23.0. The van der Waals surface area contributed by atoms with Crippen LogP contribution < -0.4 is 14.5 Å². The van der Waals surface area contributed by atoms with Crippen molar-refractivity contribution in [1.82, 2.24) is 19.2 Å². The largest absolute Gasteiger partial charge is 0.495 e. The first-order chi connectivity index (χ1) is 15.3. The number of ether oxygens (including phenoxy) is 1. The molecule has 2 aliphatic rings. The van der Waals surface area contributed by atoms with E-state index in [0.29, 0.717) is 37.0 Å². The maximum atomic E-state index is 13.2. The molecule has 0 amide bonds. The van der Waals surface area contributed by atoms with Crippen molar-refractivity contribution < 1.29 is 13.2 Å². The molecule has 0 atom stereocenters. The molecule has 4 rings (SSSR count). The molecule has 0 spiro atoms. The number of rotatable bonds is 5. The molecule has 0 N–H and O–H groups in total. The van der Waals surface area contributed by atoms with Gasteiger partial charge in [-0.15, -0.1) is 0 Å². The van der Waals surface area contributed by atoms with Crippen LogP contribution in [0.5, 0.6) is 5.75 Å². The van der Waals surface area contributed by atoms with Gasteiger partial charge in [0.15, 0.2) is 0 Å². The Morgan fingerprint density at radius 2 is 1.47 bits per heavy atom. The van der Waals surface area contributed by atoms with Crippen LogP contribution in [-0.2, 0) is 10.0 Å². The Morgan fingerprint density at radius 1 is 0.906 bits per heavy atom. The predicted molar refractivity (Wildman–Crippen MR) is 125 cm³/mol. The summed E-state index contributed by atoms with van der Waals surface area (Å²) in [5.41, 5.74) is 0. The molecule has 2 aromatic rings. The first-order valence-corrected chi connectivity index (χ1v) is 12.5. The third-order valence-corrected chi connectivity index (χ3v) is 8.10. The number of hydrogen-bond acceptors (Lipinski definition) is 8. The van der Waals surface area contributed by atoms with Crippen molar-refractivity contribution in [2.24, 2.45) is 0 Å². The number of anilines is 2. The molecule has 0 saturated carbocycles. The average molecular weight is 481 g/mol. The van der Waals surface area contributed by atoms with Crippen molar-refractivity contribution in [1.29, 1.82) is 0 Å². The first-order valence-electron chi connectivity index (χ1n) is 10.7. The molecule has 9 nitrogen and oxygen atoms in total. The van der Waals surface area contributed by atoms with Crippen molar-refractivity contribution >= 4 is 33.3 Å². The molecule has 32 heavy (non-hydrogen) atoms. The number of aromatic nitrogens is 2. The number of hydrogen-bond donors (Lipinski definition) is 0. The standard InChI is InChI=1S/C21H29ClN6O3S/c1-16-23-20(26-8-6-25(2)7-9-26)15-21(24-16)27-10-12-28(13-11-27)32(29,30)19-14-17(22)4-5-18(19)31-3/h4-5,14-15H,6-13H2,1-3H3. The maximum absolute atomic E-state index is 13.2. The van der Waals surface area contributed by atoms with Gasteiger partial charge in [0.2, 0.25) is 10.0 Å². The SMILES string of the molecule is COc1ccc(Cl)cc1S(=O)(=O)N1CCN(c2cc(N3CCN(C)CC3)nc(C)n2)CC1. The van der Waals surface area contributed by atoms with Crippen LogP contribution >= 0.6 is 11.6 Å². The summed E-state index contributed by atoms with van der Waals surface area (Å²) in [5, 5.41) is 0.357. The van der Waals surface area contributed by atoms with E-state index in [0.717, 1.165) is 43.6 Å². The van der Waals surface area contributed by atoms with Crippen molar-refractivity contribution in [2.45, 2.75) is 11.8 Å². The van der Waals surface area contributed by atoms with Gasteiger partial charge in [0.25, 0.3) is 0 Å². The molecule has 2 aliphatic heterocycles. The van der Waals surface area contributed by atoms with Crippen molar-refractivity contribution in [3.8, 4) is 5.75 Å². The number of piperazine rings is 2. The monoisotopic (exact) mass is 480 g/mol. The highest BCUT2D eigenvalue weighted by Gasteiger charge is 2.32. The van der Waals surface area contributed by atoms with Crippen LogP contribution in [0.4, 0.5) is 11.6 Å². The maximum Gasteiger partial charge on any atom is 0.246 e. The molecule has 2 saturated heterocycles. The summed E-state index contributed by atoms with van der Waals surface area (Å²) in [6.45, 7) is 7.55. The lowest BCUT2D eigenvalue weighted by Gasteiger charge is -2.36. The van der Waals surface area contributed by atoms with E-state index in [1.54, 1.807) is 12.1 Å². The van der Waals surface area contributed by atoms with E-state index in [9.17, 15) is 8.42 Å². The van der Waals surface area contributed by atoms with Crippen molar-refractivity contribution in [2.75, 3.05) is 76.3 Å². The Balaban J connectivity index is 1.49. The molecule has 0 bridgehead atoms. The Labute approximate surface area is 194 Å². The molecular weight excluding hydrogens is 452 g/mol. The number of benzene rings is 1. The Hall–Kier alpha value is -2.14. The fourth-order valence-corrected chi connectivity index (χ4v) is 5.89. The summed E-state index contributed by atoms with van der Waals surface area (Å²) in [4.78, 5) is 16.1. The van der Waals surface area contributed by atoms with E-state index < -0.39 is 10.0 Å². The second-order valence-corrected chi connectivity index (χ2v) is 10.5. The summed E-state index contributed by atoms with van der Waals surface area (Å²) in [6, 6.07) is 6.66. The van der Waals surface area contributed by atoms with Gasteiger partial charge in [0.1, 0.15) is 28.1 Å². The second kappa shape index (κ2) is 9.38. The highest BCUT2D eigenvalue weighted by molar-refractivity contribution is 7.89. The number of methoxy groups -OCH3 is 1. The minimum atomic E-state index is -3.72. The second-order valence-electron chi connectivity index (χ2n) is 8.11. The average Bonchev–Trinajstić information content (AvgIpc) is 2.79. The van der Waals surface area contributed by atoms with Crippen LogP contribution in [0.25, 0.3) is 0 Å². The highest BCUT2D eigenvalue weighted by Crippen LogP contribution is 2.30. The summed E-state index contributed by atoms with van der Waals surface area (Å²) >= 11 is 6.06. The quantitative estimate of drug-likeness (QED) is 0.639. The summed E-state index contributed by atoms with van der Waals surface area (Å²) in [7, 11) is -0.141. The smallest absolute Gasteiger partial charge is 0.246 e. The molecule has 2 fully saturated rings. The lowest BCUT2D eigenvalue weighted by molar-refractivity contribution is 0.312. The zero-order chi connectivity index (χ0) is 22.9. The summed E-state index contributed by atoms with van der Waals surface area (Å²) in [6.07, 6.45) is 0. The van der Waals surface area contributed by atoms with Gasteiger partial charge in [-0.2, -0.15) is 4.31 Å². The van der Waals surface area contributed by atoms with Crippen LogP contribution in [0.1, 0.15) is 5.82 Å². The molecular formula is C21H29ClN6O3S. The van der Waals surface area contributed by atoms with E-state index in [2.05, 4.69) is 31.7 Å². The third-order valence-electron chi connectivity index (χ3n) is 5.94. The molecule has 0 unspecified atom stereocenters. The van der Waals surface area contributed by atoms with E-state index in [-0.39, 0.29) is 4.90 Å². The molecule has 174 valence electrons. The lowest BCUT2D eigenvalue weighted by Crippen LogP contribution is -2.49. The number of halogens is 1. The Kier molecular flexibility index (Phi) is 6.75. The van der Waals surface area contributed by atoms with E-state index in [1.165, 1.54) is 17.5 Å². The van der Waals surface area contributed by atoms with E-state index in [1.807, 2.05) is 13.0 Å². The minimum absolute atomic E-state index is 0.0937. The summed E-state index contributed by atoms with van der Waals surface area (Å²) in [5.74, 6) is 2.78. The zero-order valence-corrected chi connectivity index (χ0v) is 20.2. The van der Waals surface area contributed by atoms with Crippen LogP contribution in [0.2, 0.25) is 5.02 Å². The molecule has 3 heterocycles. The van der Waals surface area contributed by atoms with E-state index in [4.69, 9.17) is 16.3 Å². The van der Waals surface area contributed by atoms with Gasteiger partial charge >= 0.3 is 0 Å². The van der Waals surface area contributed by atoms with Crippen LogP contribution in [-0.4, -0.2) is 94.1 Å². The normalized spacial score (nSPS) is 18.8. The molecule has 1 aromatic heterocycles. The number of nitrogens with zero attached hydrogens (tertiary/aromatic N) is 6. The zero-order valence-electron chi connectivity index (χ0n) is 18.7. The van der Waals surface area contributed by atoms with Crippen LogP contribution in [0.3, 0.4) is 0 Å². The van der Waals surface area contributed by atoms with Crippen molar-refractivity contribution in [3.05, 3.63) is 35.1 Å². The topological polar surface area (TPSA) is 82.1 Å². The third kappa shape index (κ3) is 4.78. The molecule has 1 aromatic carbocycles. The Bertz CT molecular complexity index is 1070. The van der Waals surface area contributed by atoms with Gasteiger partial charge in [-0.25, -0.2) is 18.4 Å². The van der Waals surface area contributed by atoms with Crippen LogP contribution in [0, 0.1) is 6.92 Å². The fraction of sp³-hybridized carbons (Fsp3) is 0.524.